The number of ether oxygens (including phenoxy) is 1. The van der Waals surface area contributed by atoms with Crippen molar-refractivity contribution in [1.82, 2.24) is 10.6 Å². The second kappa shape index (κ2) is 9.62. The minimum absolute atomic E-state index is 0.0873. The zero-order chi connectivity index (χ0) is 21.6. The minimum Gasteiger partial charge on any atom is -0.480 e. The van der Waals surface area contributed by atoms with E-state index in [0.29, 0.717) is 5.56 Å². The van der Waals surface area contributed by atoms with Crippen LogP contribution < -0.4 is 10.6 Å². The monoisotopic (exact) mass is 407 g/mol. The van der Waals surface area contributed by atoms with E-state index in [4.69, 9.17) is 4.74 Å². The molecule has 0 unspecified atom stereocenters. The van der Waals surface area contributed by atoms with Crippen LogP contribution in [0, 0.1) is 10.1 Å². The van der Waals surface area contributed by atoms with Gasteiger partial charge in [-0.05, 0) is 18.9 Å². The number of amides is 2. The lowest BCUT2D eigenvalue weighted by Crippen LogP contribution is -2.51. The van der Waals surface area contributed by atoms with Crippen molar-refractivity contribution < 1.29 is 33.9 Å². The summed E-state index contributed by atoms with van der Waals surface area (Å²) in [4.78, 5) is 57.9. The van der Waals surface area contributed by atoms with Crippen LogP contribution in [0.5, 0.6) is 0 Å². The lowest BCUT2D eigenvalue weighted by Gasteiger charge is -2.26. The van der Waals surface area contributed by atoms with Crippen molar-refractivity contribution >= 4 is 29.4 Å². The first-order valence-corrected chi connectivity index (χ1v) is 8.95. The number of nitro benzene ring substituents is 1. The van der Waals surface area contributed by atoms with Gasteiger partial charge in [-0.25, -0.2) is 4.79 Å². The van der Waals surface area contributed by atoms with Crippen LogP contribution in [0.2, 0.25) is 0 Å². The van der Waals surface area contributed by atoms with Gasteiger partial charge in [-0.1, -0.05) is 12.1 Å². The van der Waals surface area contributed by atoms with Crippen LogP contribution in [0.15, 0.2) is 24.3 Å². The number of nitrogens with one attached hydrogen (secondary N) is 2. The standard InChI is InChI=1S/C18H21N3O8/c1-2-29-15(23)9-12(10-3-5-11(6-4-10)21(27)28)16(18(25)26)20-17(24)13-7-8-14(22)19-13/h3-6,12-13,16H,2,7-9H2,1H3,(H,19,22)(H,20,24)(H,25,26)/t12-,13-,16+/m1/s1. The predicted molar refractivity (Wildman–Crippen MR) is 97.8 cm³/mol. The number of carbonyl (C=O) groups is 4. The molecule has 0 aromatic heterocycles. The highest BCUT2D eigenvalue weighted by Crippen LogP contribution is 2.27. The molecule has 3 N–H and O–H groups in total. The Morgan fingerprint density at radius 3 is 2.48 bits per heavy atom. The van der Waals surface area contributed by atoms with Crippen LogP contribution in [-0.2, 0) is 23.9 Å². The van der Waals surface area contributed by atoms with Gasteiger partial charge in [-0.3, -0.25) is 24.5 Å². The number of carboxylic acid groups (broad SMARTS) is 1. The molecule has 3 atom stereocenters. The number of nitro groups is 1. The molecule has 11 heteroatoms. The number of esters is 1. The van der Waals surface area contributed by atoms with E-state index in [1.807, 2.05) is 0 Å². The van der Waals surface area contributed by atoms with Crippen molar-refractivity contribution in [2.45, 2.75) is 44.2 Å². The fraction of sp³-hybridized carbons (Fsp3) is 0.444. The number of hydrogen-bond acceptors (Lipinski definition) is 7. The zero-order valence-electron chi connectivity index (χ0n) is 15.6. The highest BCUT2D eigenvalue weighted by atomic mass is 16.6. The molecule has 11 nitrogen and oxygen atoms in total. The summed E-state index contributed by atoms with van der Waals surface area (Å²) in [7, 11) is 0. The third-order valence-corrected chi connectivity index (χ3v) is 4.50. The zero-order valence-corrected chi connectivity index (χ0v) is 15.6. The summed E-state index contributed by atoms with van der Waals surface area (Å²) in [6, 6.07) is 2.68. The number of aliphatic carboxylic acids is 1. The summed E-state index contributed by atoms with van der Waals surface area (Å²) < 4.78 is 4.89. The first-order chi connectivity index (χ1) is 13.7. The van der Waals surface area contributed by atoms with Crippen molar-refractivity contribution in [3.05, 3.63) is 39.9 Å². The van der Waals surface area contributed by atoms with E-state index >= 15 is 0 Å². The topological polar surface area (TPSA) is 165 Å². The average Bonchev–Trinajstić information content (AvgIpc) is 3.11. The molecule has 1 aliphatic rings. The Labute approximate surface area is 165 Å². The number of carbonyl (C=O) groups excluding carboxylic acids is 3. The maximum atomic E-state index is 12.4. The summed E-state index contributed by atoms with van der Waals surface area (Å²) in [6.45, 7) is 1.68. The Morgan fingerprint density at radius 2 is 2.00 bits per heavy atom. The number of benzene rings is 1. The summed E-state index contributed by atoms with van der Waals surface area (Å²) >= 11 is 0. The molecule has 0 bridgehead atoms. The highest BCUT2D eigenvalue weighted by Gasteiger charge is 2.36. The van der Waals surface area contributed by atoms with E-state index in [2.05, 4.69) is 10.6 Å². The van der Waals surface area contributed by atoms with Crippen LogP contribution in [-0.4, -0.2) is 52.5 Å². The molecular formula is C18H21N3O8. The smallest absolute Gasteiger partial charge is 0.326 e. The fourth-order valence-corrected chi connectivity index (χ4v) is 3.07. The molecular weight excluding hydrogens is 386 g/mol. The van der Waals surface area contributed by atoms with Crippen molar-refractivity contribution in [1.29, 1.82) is 0 Å². The van der Waals surface area contributed by atoms with E-state index in [1.54, 1.807) is 6.92 Å². The molecule has 2 amide bonds. The summed E-state index contributed by atoms with van der Waals surface area (Å²) in [5, 5.41) is 25.3. The van der Waals surface area contributed by atoms with Crippen LogP contribution in [0.25, 0.3) is 0 Å². The number of hydrogen-bond donors (Lipinski definition) is 3. The molecule has 2 rings (SSSR count). The fourth-order valence-electron chi connectivity index (χ4n) is 3.07. The van der Waals surface area contributed by atoms with Crippen LogP contribution in [0.3, 0.4) is 0 Å². The molecule has 0 aliphatic carbocycles. The third kappa shape index (κ3) is 5.74. The molecule has 1 aliphatic heterocycles. The van der Waals surface area contributed by atoms with Crippen LogP contribution in [0.1, 0.15) is 37.7 Å². The quantitative estimate of drug-likeness (QED) is 0.302. The van der Waals surface area contributed by atoms with Gasteiger partial charge in [0.15, 0.2) is 0 Å². The summed E-state index contributed by atoms with van der Waals surface area (Å²) in [6.07, 6.45) is 0.0292. The van der Waals surface area contributed by atoms with E-state index < -0.39 is 40.8 Å². The Bertz CT molecular complexity index is 808. The van der Waals surface area contributed by atoms with Gasteiger partial charge < -0.3 is 20.5 Å². The van der Waals surface area contributed by atoms with E-state index in [9.17, 15) is 34.4 Å². The van der Waals surface area contributed by atoms with Gasteiger partial charge in [-0.15, -0.1) is 0 Å². The molecule has 1 saturated heterocycles. The van der Waals surface area contributed by atoms with Crippen molar-refractivity contribution in [2.24, 2.45) is 0 Å². The first kappa shape index (κ1) is 21.8. The van der Waals surface area contributed by atoms with Gasteiger partial charge in [0, 0.05) is 24.5 Å². The lowest BCUT2D eigenvalue weighted by molar-refractivity contribution is -0.384. The van der Waals surface area contributed by atoms with Gasteiger partial charge >= 0.3 is 11.9 Å². The van der Waals surface area contributed by atoms with E-state index in [-0.39, 0.29) is 37.5 Å². The summed E-state index contributed by atoms with van der Waals surface area (Å²) in [5.74, 6) is -4.09. The largest absolute Gasteiger partial charge is 0.480 e. The molecule has 1 heterocycles. The molecule has 0 radical (unpaired) electrons. The molecule has 1 fully saturated rings. The van der Waals surface area contributed by atoms with Crippen molar-refractivity contribution in [3.8, 4) is 0 Å². The van der Waals surface area contributed by atoms with Gasteiger partial charge in [0.2, 0.25) is 11.8 Å². The Kier molecular flexibility index (Phi) is 7.23. The SMILES string of the molecule is CCOC(=O)C[C@H](c1ccc([N+](=O)[O-])cc1)[C@H](NC(=O)[C@H]1CCC(=O)N1)C(=O)O. The minimum atomic E-state index is -1.51. The average molecular weight is 407 g/mol. The number of non-ortho nitro benzene ring substituents is 1. The van der Waals surface area contributed by atoms with Crippen LogP contribution >= 0.6 is 0 Å². The Morgan fingerprint density at radius 1 is 1.34 bits per heavy atom. The third-order valence-electron chi connectivity index (χ3n) is 4.50. The molecule has 29 heavy (non-hydrogen) atoms. The molecule has 1 aromatic rings. The van der Waals surface area contributed by atoms with Crippen molar-refractivity contribution in [2.75, 3.05) is 6.61 Å². The van der Waals surface area contributed by atoms with Crippen molar-refractivity contribution in [3.63, 3.8) is 0 Å². The Hall–Kier alpha value is -3.50. The Balaban J connectivity index is 2.30. The highest BCUT2D eigenvalue weighted by molar-refractivity contribution is 5.93. The molecule has 0 saturated carbocycles. The maximum absolute atomic E-state index is 12.4. The molecule has 0 spiro atoms. The number of nitrogens with zero attached hydrogens (tertiary/aromatic N) is 1. The van der Waals surface area contributed by atoms with Gasteiger partial charge in [0.25, 0.3) is 5.69 Å². The van der Waals surface area contributed by atoms with Gasteiger partial charge in [0.1, 0.15) is 12.1 Å². The second-order valence-corrected chi connectivity index (χ2v) is 6.45. The number of carboxylic acids is 1. The first-order valence-electron chi connectivity index (χ1n) is 8.95. The van der Waals surface area contributed by atoms with Gasteiger partial charge in [0.05, 0.1) is 18.0 Å². The second-order valence-electron chi connectivity index (χ2n) is 6.45. The predicted octanol–water partition coefficient (Wildman–Crippen LogP) is 0.480. The van der Waals surface area contributed by atoms with E-state index in [0.717, 1.165) is 0 Å². The molecule has 156 valence electrons. The van der Waals surface area contributed by atoms with Crippen LogP contribution in [0.4, 0.5) is 5.69 Å². The lowest BCUT2D eigenvalue weighted by atomic mass is 9.88. The normalized spacial score (nSPS) is 17.7. The van der Waals surface area contributed by atoms with Gasteiger partial charge in [-0.2, -0.15) is 0 Å². The maximum Gasteiger partial charge on any atom is 0.326 e. The number of rotatable bonds is 9. The summed E-state index contributed by atoms with van der Waals surface area (Å²) in [5.41, 5.74) is 0.111. The van der Waals surface area contributed by atoms with E-state index in [1.165, 1.54) is 24.3 Å². The molecule has 1 aromatic carbocycles.